The molecule has 4 nitrogen and oxygen atoms in total. The lowest BCUT2D eigenvalue weighted by molar-refractivity contribution is -0.155. The Morgan fingerprint density at radius 3 is 2.65 bits per heavy atom. The number of aliphatic carboxylic acids is 1. The number of hydrogen-bond donors (Lipinski definition) is 1. The van der Waals surface area contributed by atoms with Crippen molar-refractivity contribution in [3.05, 3.63) is 0 Å². The lowest BCUT2D eigenvalue weighted by Crippen LogP contribution is -2.57. The summed E-state index contributed by atoms with van der Waals surface area (Å²) in [6.07, 6.45) is 4.60. The monoisotopic (exact) mass is 241 g/mol. The van der Waals surface area contributed by atoms with Crippen molar-refractivity contribution in [2.24, 2.45) is 5.92 Å². The van der Waals surface area contributed by atoms with Crippen molar-refractivity contribution in [3.8, 4) is 0 Å². The topological polar surface area (TPSA) is 49.8 Å². The van der Waals surface area contributed by atoms with Gasteiger partial charge in [0, 0.05) is 19.7 Å². The largest absolute Gasteiger partial charge is 0.480 e. The standard InChI is InChI=1S/C13H23NO3/c1-11-3-5-13(6-4-11,12(15)16)14-7-2-9-17-10-8-14/h11H,2-10H2,1H3,(H,15,16). The Morgan fingerprint density at radius 2 is 2.00 bits per heavy atom. The molecule has 0 aromatic carbocycles. The van der Waals surface area contributed by atoms with Crippen LogP contribution in [0.4, 0.5) is 0 Å². The molecule has 0 aromatic heterocycles. The molecule has 0 aromatic rings. The highest BCUT2D eigenvalue weighted by atomic mass is 16.5. The first kappa shape index (κ1) is 12.8. The van der Waals surface area contributed by atoms with E-state index in [1.165, 1.54) is 0 Å². The van der Waals surface area contributed by atoms with E-state index >= 15 is 0 Å². The molecular weight excluding hydrogens is 218 g/mol. The quantitative estimate of drug-likeness (QED) is 0.800. The normalized spacial score (nSPS) is 36.4. The van der Waals surface area contributed by atoms with Crippen molar-refractivity contribution in [1.29, 1.82) is 0 Å². The SMILES string of the molecule is CC1CCC(C(=O)O)(N2CCCOCC2)CC1. The van der Waals surface area contributed by atoms with Crippen LogP contribution in [0.15, 0.2) is 0 Å². The predicted molar refractivity (Wildman–Crippen MR) is 65.0 cm³/mol. The third-order valence-corrected chi connectivity index (χ3v) is 4.33. The fourth-order valence-electron chi connectivity index (χ4n) is 3.08. The first-order chi connectivity index (χ1) is 8.15. The smallest absolute Gasteiger partial charge is 0.324 e. The Morgan fingerprint density at radius 1 is 1.29 bits per heavy atom. The van der Waals surface area contributed by atoms with Crippen LogP contribution in [-0.4, -0.2) is 47.8 Å². The van der Waals surface area contributed by atoms with Gasteiger partial charge in [-0.05, 0) is 38.0 Å². The summed E-state index contributed by atoms with van der Waals surface area (Å²) in [6, 6.07) is 0. The molecule has 1 aliphatic heterocycles. The zero-order chi connectivity index (χ0) is 12.3. The van der Waals surface area contributed by atoms with Crippen molar-refractivity contribution in [2.75, 3.05) is 26.3 Å². The number of nitrogens with zero attached hydrogens (tertiary/aromatic N) is 1. The van der Waals surface area contributed by atoms with Gasteiger partial charge in [-0.15, -0.1) is 0 Å². The molecule has 1 saturated carbocycles. The summed E-state index contributed by atoms with van der Waals surface area (Å²) in [6.45, 7) is 5.28. The molecule has 1 aliphatic carbocycles. The van der Waals surface area contributed by atoms with E-state index in [2.05, 4.69) is 11.8 Å². The Bertz CT molecular complexity index is 264. The van der Waals surface area contributed by atoms with Gasteiger partial charge < -0.3 is 9.84 Å². The second-order valence-electron chi connectivity index (χ2n) is 5.47. The van der Waals surface area contributed by atoms with Gasteiger partial charge in [-0.3, -0.25) is 9.69 Å². The van der Waals surface area contributed by atoms with Gasteiger partial charge in [-0.2, -0.15) is 0 Å². The molecule has 98 valence electrons. The van der Waals surface area contributed by atoms with Crippen LogP contribution >= 0.6 is 0 Å². The molecule has 1 N–H and O–H groups in total. The second-order valence-corrected chi connectivity index (χ2v) is 5.47. The number of rotatable bonds is 2. The van der Waals surface area contributed by atoms with Crippen LogP contribution in [0.3, 0.4) is 0 Å². The van der Waals surface area contributed by atoms with Crippen LogP contribution in [0.2, 0.25) is 0 Å². The van der Waals surface area contributed by atoms with Crippen LogP contribution in [0, 0.1) is 5.92 Å². The van der Waals surface area contributed by atoms with E-state index in [0.29, 0.717) is 12.5 Å². The third-order valence-electron chi connectivity index (χ3n) is 4.33. The highest BCUT2D eigenvalue weighted by molar-refractivity contribution is 5.79. The number of carboxylic acid groups (broad SMARTS) is 1. The fraction of sp³-hybridized carbons (Fsp3) is 0.923. The van der Waals surface area contributed by atoms with Gasteiger partial charge in [0.15, 0.2) is 0 Å². The zero-order valence-electron chi connectivity index (χ0n) is 10.7. The Kier molecular flexibility index (Phi) is 4.05. The van der Waals surface area contributed by atoms with Crippen LogP contribution in [0.25, 0.3) is 0 Å². The molecule has 0 radical (unpaired) electrons. The summed E-state index contributed by atoms with van der Waals surface area (Å²) >= 11 is 0. The summed E-state index contributed by atoms with van der Waals surface area (Å²) in [5.74, 6) is 0.0389. The van der Waals surface area contributed by atoms with Crippen LogP contribution in [0.5, 0.6) is 0 Å². The van der Waals surface area contributed by atoms with Gasteiger partial charge in [0.05, 0.1) is 6.61 Å². The Labute approximate surface area is 103 Å². The van der Waals surface area contributed by atoms with Crippen LogP contribution < -0.4 is 0 Å². The van der Waals surface area contributed by atoms with E-state index < -0.39 is 11.5 Å². The minimum absolute atomic E-state index is 0.611. The lowest BCUT2D eigenvalue weighted by Gasteiger charge is -2.44. The maximum atomic E-state index is 11.7. The van der Waals surface area contributed by atoms with E-state index in [1.807, 2.05) is 0 Å². The minimum Gasteiger partial charge on any atom is -0.480 e. The molecule has 2 fully saturated rings. The van der Waals surface area contributed by atoms with Crippen LogP contribution in [0.1, 0.15) is 39.0 Å². The molecule has 1 saturated heterocycles. The highest BCUT2D eigenvalue weighted by Crippen LogP contribution is 2.37. The highest BCUT2D eigenvalue weighted by Gasteiger charge is 2.45. The van der Waals surface area contributed by atoms with Gasteiger partial charge >= 0.3 is 5.97 Å². The molecule has 1 heterocycles. The summed E-state index contributed by atoms with van der Waals surface area (Å²) in [4.78, 5) is 13.9. The Hall–Kier alpha value is -0.610. The van der Waals surface area contributed by atoms with E-state index in [4.69, 9.17) is 4.74 Å². The average Bonchev–Trinajstić information content (AvgIpc) is 2.59. The summed E-state index contributed by atoms with van der Waals surface area (Å²) < 4.78 is 5.43. The molecule has 0 amide bonds. The molecule has 0 atom stereocenters. The number of carboxylic acids is 1. The van der Waals surface area contributed by atoms with E-state index in [1.54, 1.807) is 0 Å². The molecule has 0 unspecified atom stereocenters. The summed E-state index contributed by atoms with van der Waals surface area (Å²) in [5.41, 5.74) is -0.611. The summed E-state index contributed by atoms with van der Waals surface area (Å²) in [5, 5.41) is 9.64. The van der Waals surface area contributed by atoms with E-state index in [0.717, 1.165) is 51.8 Å². The average molecular weight is 241 g/mol. The van der Waals surface area contributed by atoms with Gasteiger partial charge in [0.1, 0.15) is 5.54 Å². The first-order valence-electron chi connectivity index (χ1n) is 6.71. The lowest BCUT2D eigenvalue weighted by atomic mass is 9.76. The molecule has 2 rings (SSSR count). The van der Waals surface area contributed by atoms with Crippen molar-refractivity contribution in [3.63, 3.8) is 0 Å². The molecule has 0 bridgehead atoms. The number of ether oxygens (including phenoxy) is 1. The van der Waals surface area contributed by atoms with Gasteiger partial charge in [-0.25, -0.2) is 0 Å². The maximum Gasteiger partial charge on any atom is 0.324 e. The van der Waals surface area contributed by atoms with Crippen molar-refractivity contribution in [2.45, 2.75) is 44.6 Å². The molecule has 2 aliphatic rings. The maximum absolute atomic E-state index is 11.7. The Balaban J connectivity index is 2.12. The van der Waals surface area contributed by atoms with Crippen LogP contribution in [-0.2, 0) is 9.53 Å². The number of hydrogen-bond acceptors (Lipinski definition) is 3. The molecule has 17 heavy (non-hydrogen) atoms. The predicted octanol–water partition coefficient (Wildman–Crippen LogP) is 1.74. The number of carbonyl (C=O) groups is 1. The van der Waals surface area contributed by atoms with Gasteiger partial charge in [0.25, 0.3) is 0 Å². The van der Waals surface area contributed by atoms with E-state index in [9.17, 15) is 9.90 Å². The second kappa shape index (κ2) is 5.36. The third kappa shape index (κ3) is 2.63. The fourth-order valence-corrected chi connectivity index (χ4v) is 3.08. The summed E-state index contributed by atoms with van der Waals surface area (Å²) in [7, 11) is 0. The minimum atomic E-state index is -0.633. The van der Waals surface area contributed by atoms with Crippen molar-refractivity contribution < 1.29 is 14.6 Å². The zero-order valence-corrected chi connectivity index (χ0v) is 10.7. The molecular formula is C13H23NO3. The molecule has 0 spiro atoms. The van der Waals surface area contributed by atoms with Crippen molar-refractivity contribution in [1.82, 2.24) is 4.90 Å². The van der Waals surface area contributed by atoms with E-state index in [-0.39, 0.29) is 0 Å². The molecule has 4 heteroatoms. The van der Waals surface area contributed by atoms with Gasteiger partial charge in [-0.1, -0.05) is 6.92 Å². The van der Waals surface area contributed by atoms with Gasteiger partial charge in [0.2, 0.25) is 0 Å². The first-order valence-corrected chi connectivity index (χ1v) is 6.71. The van der Waals surface area contributed by atoms with Crippen molar-refractivity contribution >= 4 is 5.97 Å².